The number of anilines is 1. The van der Waals surface area contributed by atoms with Crippen molar-refractivity contribution in [3.05, 3.63) is 53.5 Å². The molecule has 0 unspecified atom stereocenters. The van der Waals surface area contributed by atoms with Gasteiger partial charge in [-0.25, -0.2) is 9.67 Å². The Morgan fingerprint density at radius 2 is 1.97 bits per heavy atom. The van der Waals surface area contributed by atoms with E-state index in [1.54, 1.807) is 12.4 Å². The number of primary amides is 1. The first-order valence-corrected chi connectivity index (χ1v) is 10.6. The summed E-state index contributed by atoms with van der Waals surface area (Å²) in [6.45, 7) is 4.13. The number of hydrogen-bond acceptors (Lipinski definition) is 6. The number of amides is 1. The summed E-state index contributed by atoms with van der Waals surface area (Å²) in [5, 5.41) is 13.3. The lowest BCUT2D eigenvalue weighted by Crippen LogP contribution is -2.29. The minimum Gasteiger partial charge on any atom is -0.373 e. The minimum absolute atomic E-state index is 0.205. The van der Waals surface area contributed by atoms with Gasteiger partial charge in [0, 0.05) is 41.8 Å². The van der Waals surface area contributed by atoms with E-state index < -0.39 is 5.41 Å². The van der Waals surface area contributed by atoms with Gasteiger partial charge in [0.1, 0.15) is 11.3 Å². The molecule has 3 aromatic heterocycles. The minimum atomic E-state index is -0.657. The van der Waals surface area contributed by atoms with Gasteiger partial charge in [-0.1, -0.05) is 17.1 Å². The van der Waals surface area contributed by atoms with Gasteiger partial charge in [0.25, 0.3) is 0 Å². The molecule has 0 bridgehead atoms. The highest BCUT2D eigenvalue weighted by Gasteiger charge is 2.51. The fourth-order valence-corrected chi connectivity index (χ4v) is 3.98. The van der Waals surface area contributed by atoms with Crippen LogP contribution in [0.5, 0.6) is 0 Å². The summed E-state index contributed by atoms with van der Waals surface area (Å²) >= 11 is 0. The normalized spacial score (nSPS) is 14.4. The number of carbonyl (C=O) groups is 1. The zero-order valence-corrected chi connectivity index (χ0v) is 18.2. The van der Waals surface area contributed by atoms with E-state index in [1.165, 1.54) is 0 Å². The van der Waals surface area contributed by atoms with Gasteiger partial charge in [0.15, 0.2) is 0 Å². The standard InChI is InChI=1S/C24H23N7O/c1-14(2)31-20-10-15(5-7-19(20)29-30-31)4-6-16-12-28-22(26-3)18-13-27-21(11-17(16)18)24(8-9-24)23(25)32/h5,7,10-14H,8-9H2,1-3H3,(H2,25,32)(H,26,28). The Morgan fingerprint density at radius 3 is 2.66 bits per heavy atom. The number of nitrogens with zero attached hydrogens (tertiary/aromatic N) is 5. The second kappa shape index (κ2) is 7.31. The fourth-order valence-electron chi connectivity index (χ4n) is 3.98. The Kier molecular flexibility index (Phi) is 4.55. The van der Waals surface area contributed by atoms with E-state index in [0.29, 0.717) is 11.5 Å². The van der Waals surface area contributed by atoms with Gasteiger partial charge in [0.2, 0.25) is 5.91 Å². The molecule has 0 radical (unpaired) electrons. The number of pyridine rings is 2. The van der Waals surface area contributed by atoms with Crippen molar-refractivity contribution in [1.29, 1.82) is 0 Å². The van der Waals surface area contributed by atoms with Gasteiger partial charge in [-0.15, -0.1) is 5.10 Å². The van der Waals surface area contributed by atoms with E-state index in [4.69, 9.17) is 5.73 Å². The molecular formula is C24H23N7O. The van der Waals surface area contributed by atoms with Crippen molar-refractivity contribution in [1.82, 2.24) is 25.0 Å². The molecule has 0 spiro atoms. The van der Waals surface area contributed by atoms with Gasteiger partial charge in [-0.2, -0.15) is 0 Å². The number of hydrogen-bond donors (Lipinski definition) is 2. The molecule has 1 aromatic carbocycles. The topological polar surface area (TPSA) is 112 Å². The van der Waals surface area contributed by atoms with Crippen molar-refractivity contribution in [3.8, 4) is 11.8 Å². The summed E-state index contributed by atoms with van der Waals surface area (Å²) in [5.74, 6) is 6.88. The molecule has 3 N–H and O–H groups in total. The lowest BCUT2D eigenvalue weighted by Gasteiger charge is -2.13. The molecule has 1 saturated carbocycles. The van der Waals surface area contributed by atoms with Crippen LogP contribution in [-0.4, -0.2) is 37.9 Å². The van der Waals surface area contributed by atoms with E-state index in [2.05, 4.69) is 51.3 Å². The van der Waals surface area contributed by atoms with Crippen LogP contribution in [0.2, 0.25) is 0 Å². The Balaban J connectivity index is 1.62. The molecule has 4 aromatic rings. The largest absolute Gasteiger partial charge is 0.373 e. The molecule has 0 saturated heterocycles. The zero-order chi connectivity index (χ0) is 22.5. The predicted molar refractivity (Wildman–Crippen MR) is 123 cm³/mol. The van der Waals surface area contributed by atoms with E-state index in [0.717, 1.165) is 45.8 Å². The summed E-state index contributed by atoms with van der Waals surface area (Å²) in [6.07, 6.45) is 4.94. The van der Waals surface area contributed by atoms with Crippen LogP contribution in [0.25, 0.3) is 21.8 Å². The maximum Gasteiger partial charge on any atom is 0.229 e. The lowest BCUT2D eigenvalue weighted by atomic mass is 9.98. The fraction of sp³-hybridized carbons (Fsp3) is 0.292. The molecule has 1 fully saturated rings. The first kappa shape index (κ1) is 19.9. The van der Waals surface area contributed by atoms with E-state index in [9.17, 15) is 4.79 Å². The van der Waals surface area contributed by atoms with Crippen LogP contribution in [0, 0.1) is 11.8 Å². The highest BCUT2D eigenvalue weighted by molar-refractivity contribution is 5.97. The van der Waals surface area contributed by atoms with Gasteiger partial charge < -0.3 is 11.1 Å². The molecule has 32 heavy (non-hydrogen) atoms. The van der Waals surface area contributed by atoms with Crippen LogP contribution in [0.3, 0.4) is 0 Å². The summed E-state index contributed by atoms with van der Waals surface area (Å²) in [5.41, 5.74) is 9.11. The van der Waals surface area contributed by atoms with E-state index in [1.807, 2.05) is 36.0 Å². The Labute approximate surface area is 185 Å². The van der Waals surface area contributed by atoms with E-state index >= 15 is 0 Å². The smallest absolute Gasteiger partial charge is 0.229 e. The average Bonchev–Trinajstić information content (AvgIpc) is 3.50. The number of benzene rings is 1. The van der Waals surface area contributed by atoms with Crippen molar-refractivity contribution in [2.24, 2.45) is 5.73 Å². The lowest BCUT2D eigenvalue weighted by molar-refractivity contribution is -0.120. The molecule has 8 heteroatoms. The van der Waals surface area contributed by atoms with Gasteiger partial charge in [-0.05, 0) is 51.0 Å². The average molecular weight is 425 g/mol. The Morgan fingerprint density at radius 1 is 1.16 bits per heavy atom. The van der Waals surface area contributed by atoms with Crippen molar-refractivity contribution < 1.29 is 4.79 Å². The molecule has 3 heterocycles. The molecule has 0 atom stereocenters. The molecule has 160 valence electrons. The number of fused-ring (bicyclic) bond motifs is 2. The number of carbonyl (C=O) groups excluding carboxylic acids is 1. The molecule has 1 aliphatic carbocycles. The van der Waals surface area contributed by atoms with Crippen LogP contribution in [0.1, 0.15) is 49.6 Å². The molecule has 1 amide bonds. The Hall–Kier alpha value is -3.99. The van der Waals surface area contributed by atoms with Crippen molar-refractivity contribution in [3.63, 3.8) is 0 Å². The molecule has 1 aliphatic rings. The van der Waals surface area contributed by atoms with Gasteiger partial charge in [0.05, 0.1) is 22.2 Å². The van der Waals surface area contributed by atoms with Crippen LogP contribution in [-0.2, 0) is 10.2 Å². The Bertz CT molecular complexity index is 1440. The molecule has 5 rings (SSSR count). The number of aromatic nitrogens is 5. The zero-order valence-electron chi connectivity index (χ0n) is 18.2. The quantitative estimate of drug-likeness (QED) is 0.486. The maximum absolute atomic E-state index is 12.0. The molecular weight excluding hydrogens is 402 g/mol. The number of nitrogens with two attached hydrogens (primary N) is 1. The highest BCUT2D eigenvalue weighted by atomic mass is 16.1. The van der Waals surface area contributed by atoms with Crippen LogP contribution in [0.4, 0.5) is 5.82 Å². The van der Waals surface area contributed by atoms with Crippen LogP contribution >= 0.6 is 0 Å². The first-order valence-electron chi connectivity index (χ1n) is 10.6. The second-order valence-corrected chi connectivity index (χ2v) is 8.41. The third kappa shape index (κ3) is 3.14. The SMILES string of the molecule is CNc1ncc(C#Cc2ccc3nnn(C(C)C)c3c2)c2cc(C3(C(N)=O)CC3)ncc12. The first-order chi connectivity index (χ1) is 15.4. The number of nitrogens with one attached hydrogen (secondary N) is 1. The maximum atomic E-state index is 12.0. The van der Waals surface area contributed by atoms with Gasteiger partial charge >= 0.3 is 0 Å². The van der Waals surface area contributed by atoms with Crippen LogP contribution < -0.4 is 11.1 Å². The molecule has 8 nitrogen and oxygen atoms in total. The van der Waals surface area contributed by atoms with Crippen molar-refractivity contribution in [2.75, 3.05) is 12.4 Å². The van der Waals surface area contributed by atoms with Gasteiger partial charge in [-0.3, -0.25) is 9.78 Å². The predicted octanol–water partition coefficient (Wildman–Crippen LogP) is 2.91. The summed E-state index contributed by atoms with van der Waals surface area (Å²) < 4.78 is 1.88. The second-order valence-electron chi connectivity index (χ2n) is 8.41. The summed E-state index contributed by atoms with van der Waals surface area (Å²) in [6, 6.07) is 8.00. The summed E-state index contributed by atoms with van der Waals surface area (Å²) in [7, 11) is 1.81. The number of rotatable bonds is 4. The highest BCUT2D eigenvalue weighted by Crippen LogP contribution is 2.47. The van der Waals surface area contributed by atoms with E-state index in [-0.39, 0.29) is 11.9 Å². The monoisotopic (exact) mass is 425 g/mol. The molecule has 0 aliphatic heterocycles. The summed E-state index contributed by atoms with van der Waals surface area (Å²) in [4.78, 5) is 21.0. The van der Waals surface area contributed by atoms with Crippen molar-refractivity contribution >= 4 is 33.5 Å². The third-order valence-electron chi connectivity index (χ3n) is 6.02. The third-order valence-corrected chi connectivity index (χ3v) is 6.02. The van der Waals surface area contributed by atoms with Crippen LogP contribution in [0.15, 0.2) is 36.7 Å². The van der Waals surface area contributed by atoms with Crippen molar-refractivity contribution in [2.45, 2.75) is 38.1 Å².